The van der Waals surface area contributed by atoms with Crippen molar-refractivity contribution in [2.75, 3.05) is 25.4 Å². The van der Waals surface area contributed by atoms with E-state index in [2.05, 4.69) is 17.1 Å². The summed E-state index contributed by atoms with van der Waals surface area (Å²) in [5, 5.41) is 4.28. The molecule has 1 atom stereocenters. The van der Waals surface area contributed by atoms with Crippen LogP contribution in [0.25, 0.3) is 0 Å². The number of hydrogen-bond donors (Lipinski definition) is 1. The lowest BCUT2D eigenvalue weighted by Gasteiger charge is -2.10. The fourth-order valence-corrected chi connectivity index (χ4v) is 3.06. The monoisotopic (exact) mass is 237 g/mol. The third-order valence-corrected chi connectivity index (χ3v) is 4.08. The maximum Gasteiger partial charge on any atom is 0.119 e. The Hall–Kier alpha value is -0.670. The highest BCUT2D eigenvalue weighted by atomic mass is 32.2. The quantitative estimate of drug-likeness (QED) is 0.768. The lowest BCUT2D eigenvalue weighted by molar-refractivity contribution is 0.314. The van der Waals surface area contributed by atoms with E-state index >= 15 is 0 Å². The van der Waals surface area contributed by atoms with Gasteiger partial charge in [-0.3, -0.25) is 0 Å². The van der Waals surface area contributed by atoms with Crippen LogP contribution in [0, 0.1) is 0 Å². The fourth-order valence-electron chi connectivity index (χ4n) is 1.83. The fraction of sp³-hybridized carbons (Fsp3) is 0.538. The number of benzene rings is 1. The van der Waals surface area contributed by atoms with Crippen molar-refractivity contribution in [3.63, 3.8) is 0 Å². The van der Waals surface area contributed by atoms with Gasteiger partial charge in [0.15, 0.2) is 0 Å². The Morgan fingerprint density at radius 3 is 2.94 bits per heavy atom. The third-order valence-electron chi connectivity index (χ3n) is 2.69. The lowest BCUT2D eigenvalue weighted by atomic mass is 10.2. The van der Waals surface area contributed by atoms with E-state index in [1.807, 2.05) is 30.3 Å². The van der Waals surface area contributed by atoms with E-state index in [0.29, 0.717) is 0 Å². The van der Waals surface area contributed by atoms with Crippen LogP contribution in [0.15, 0.2) is 30.3 Å². The van der Waals surface area contributed by atoms with Gasteiger partial charge in [-0.2, -0.15) is 11.8 Å². The smallest absolute Gasteiger partial charge is 0.119 e. The van der Waals surface area contributed by atoms with Gasteiger partial charge in [-0.25, -0.2) is 0 Å². The van der Waals surface area contributed by atoms with E-state index in [-0.39, 0.29) is 0 Å². The summed E-state index contributed by atoms with van der Waals surface area (Å²) < 4.78 is 5.60. The largest absolute Gasteiger partial charge is 0.492 e. The molecule has 16 heavy (non-hydrogen) atoms. The minimum atomic E-state index is 0.751. The summed E-state index contributed by atoms with van der Waals surface area (Å²) >= 11 is 2.09. The third kappa shape index (κ3) is 4.06. The van der Waals surface area contributed by atoms with Gasteiger partial charge in [0, 0.05) is 18.3 Å². The molecule has 1 N–H and O–H groups in total. The molecule has 0 amide bonds. The molecule has 88 valence electrons. The molecule has 2 rings (SSSR count). The normalized spacial score (nSPS) is 19.9. The molecular formula is C13H19NOS. The highest BCUT2D eigenvalue weighted by molar-refractivity contribution is 8.00. The van der Waals surface area contributed by atoms with E-state index < -0.39 is 0 Å². The van der Waals surface area contributed by atoms with Crippen LogP contribution in [0.5, 0.6) is 5.75 Å². The van der Waals surface area contributed by atoms with E-state index in [4.69, 9.17) is 4.74 Å². The molecule has 3 heteroatoms. The van der Waals surface area contributed by atoms with Crippen LogP contribution >= 0.6 is 11.8 Å². The number of para-hydroxylation sites is 1. The molecule has 0 bridgehead atoms. The van der Waals surface area contributed by atoms with Gasteiger partial charge >= 0.3 is 0 Å². The van der Waals surface area contributed by atoms with Gasteiger partial charge < -0.3 is 10.1 Å². The van der Waals surface area contributed by atoms with E-state index in [1.165, 1.54) is 18.6 Å². The zero-order valence-corrected chi connectivity index (χ0v) is 10.3. The van der Waals surface area contributed by atoms with Crippen molar-refractivity contribution in [3.05, 3.63) is 30.3 Å². The van der Waals surface area contributed by atoms with Gasteiger partial charge in [-0.15, -0.1) is 0 Å². The summed E-state index contributed by atoms with van der Waals surface area (Å²) in [4.78, 5) is 0. The summed E-state index contributed by atoms with van der Waals surface area (Å²) in [7, 11) is 0. The van der Waals surface area contributed by atoms with Crippen LogP contribution in [-0.4, -0.2) is 30.7 Å². The van der Waals surface area contributed by atoms with Gasteiger partial charge in [0.2, 0.25) is 0 Å². The van der Waals surface area contributed by atoms with Gasteiger partial charge in [0.25, 0.3) is 0 Å². The average Bonchev–Trinajstić information content (AvgIpc) is 2.83. The van der Waals surface area contributed by atoms with Crippen molar-refractivity contribution in [3.8, 4) is 5.75 Å². The maximum absolute atomic E-state index is 5.60. The summed E-state index contributed by atoms with van der Waals surface area (Å²) in [6.07, 6.45) is 2.76. The van der Waals surface area contributed by atoms with E-state index in [9.17, 15) is 0 Å². The van der Waals surface area contributed by atoms with Crippen molar-refractivity contribution < 1.29 is 4.74 Å². The molecular weight excluding hydrogens is 218 g/mol. The molecule has 1 aliphatic rings. The van der Waals surface area contributed by atoms with E-state index in [0.717, 1.165) is 30.7 Å². The Labute approximate surface area is 102 Å². The first-order valence-corrected chi connectivity index (χ1v) is 7.00. The predicted molar refractivity (Wildman–Crippen MR) is 70.3 cm³/mol. The summed E-state index contributed by atoms with van der Waals surface area (Å²) in [5.41, 5.74) is 0. The highest BCUT2D eigenvalue weighted by Gasteiger charge is 2.14. The van der Waals surface area contributed by atoms with Crippen molar-refractivity contribution in [1.82, 2.24) is 5.32 Å². The van der Waals surface area contributed by atoms with Crippen molar-refractivity contribution >= 4 is 11.8 Å². The van der Waals surface area contributed by atoms with Gasteiger partial charge in [0.05, 0.1) is 0 Å². The standard InChI is InChI=1S/C13H19NOS/c1-2-5-12(6-3-1)15-9-8-14-11-13-7-4-10-16-13/h1-3,5-6,13-14H,4,7-11H2. The Morgan fingerprint density at radius 1 is 1.31 bits per heavy atom. The Kier molecular flexibility index (Phi) is 5.03. The summed E-state index contributed by atoms with van der Waals surface area (Å²) in [5.74, 6) is 2.30. The van der Waals surface area contributed by atoms with Crippen LogP contribution in [0.4, 0.5) is 0 Å². The molecule has 0 radical (unpaired) electrons. The minimum absolute atomic E-state index is 0.751. The van der Waals surface area contributed by atoms with E-state index in [1.54, 1.807) is 0 Å². The summed E-state index contributed by atoms with van der Waals surface area (Å²) in [6, 6.07) is 9.98. The molecule has 1 saturated heterocycles. The van der Waals surface area contributed by atoms with Crippen LogP contribution in [-0.2, 0) is 0 Å². The molecule has 1 fully saturated rings. The zero-order valence-electron chi connectivity index (χ0n) is 9.52. The molecule has 1 unspecified atom stereocenters. The second-order valence-corrected chi connectivity index (χ2v) is 5.41. The Balaban J connectivity index is 1.52. The Morgan fingerprint density at radius 2 is 2.19 bits per heavy atom. The second-order valence-electron chi connectivity index (χ2n) is 4.00. The van der Waals surface area contributed by atoms with Crippen LogP contribution < -0.4 is 10.1 Å². The molecule has 0 aliphatic carbocycles. The Bertz CT molecular complexity index is 285. The van der Waals surface area contributed by atoms with Crippen molar-refractivity contribution in [2.24, 2.45) is 0 Å². The molecule has 1 heterocycles. The topological polar surface area (TPSA) is 21.3 Å². The first-order chi connectivity index (χ1) is 7.95. The number of ether oxygens (including phenoxy) is 1. The number of rotatable bonds is 6. The first-order valence-electron chi connectivity index (χ1n) is 5.95. The zero-order chi connectivity index (χ0) is 11.1. The van der Waals surface area contributed by atoms with Crippen molar-refractivity contribution in [2.45, 2.75) is 18.1 Å². The summed E-state index contributed by atoms with van der Waals surface area (Å²) in [6.45, 7) is 2.82. The van der Waals surface area contributed by atoms with Gasteiger partial charge in [0.1, 0.15) is 12.4 Å². The molecule has 1 aromatic rings. The maximum atomic E-state index is 5.60. The second kappa shape index (κ2) is 6.81. The number of thioether (sulfide) groups is 1. The highest BCUT2D eigenvalue weighted by Crippen LogP contribution is 2.25. The van der Waals surface area contributed by atoms with Crippen LogP contribution in [0.1, 0.15) is 12.8 Å². The number of hydrogen-bond acceptors (Lipinski definition) is 3. The number of nitrogens with one attached hydrogen (secondary N) is 1. The van der Waals surface area contributed by atoms with Crippen LogP contribution in [0.3, 0.4) is 0 Å². The van der Waals surface area contributed by atoms with Gasteiger partial charge in [-0.05, 0) is 30.7 Å². The molecule has 1 aromatic carbocycles. The minimum Gasteiger partial charge on any atom is -0.492 e. The molecule has 1 aliphatic heterocycles. The van der Waals surface area contributed by atoms with Crippen LogP contribution in [0.2, 0.25) is 0 Å². The molecule has 0 aromatic heterocycles. The SMILES string of the molecule is c1ccc(OCCNCC2CCCS2)cc1. The predicted octanol–water partition coefficient (Wildman–Crippen LogP) is 2.55. The van der Waals surface area contributed by atoms with Gasteiger partial charge in [-0.1, -0.05) is 18.2 Å². The molecule has 0 saturated carbocycles. The first kappa shape index (κ1) is 11.8. The molecule has 2 nitrogen and oxygen atoms in total. The van der Waals surface area contributed by atoms with Crippen molar-refractivity contribution in [1.29, 1.82) is 0 Å². The molecule has 0 spiro atoms. The lowest BCUT2D eigenvalue weighted by Crippen LogP contribution is -2.27. The average molecular weight is 237 g/mol.